The summed E-state index contributed by atoms with van der Waals surface area (Å²) in [6, 6.07) is 20.1. The number of alkyl carbamates (subject to hydrolysis) is 1. The second kappa shape index (κ2) is 19.5. The number of aromatic nitrogens is 4. The Bertz CT molecular complexity index is 2400. The Kier molecular flexibility index (Phi) is 15.3. The second-order valence-electron chi connectivity index (χ2n) is 14.1. The van der Waals surface area contributed by atoms with E-state index in [2.05, 4.69) is 25.9 Å². The van der Waals surface area contributed by atoms with E-state index in [-0.39, 0.29) is 44.6 Å². The van der Waals surface area contributed by atoms with E-state index in [0.717, 1.165) is 14.7 Å². The zero-order valence-electron chi connectivity index (χ0n) is 32.6. The molecule has 3 amide bonds. The average Bonchev–Trinajstić information content (AvgIpc) is 3.17. The van der Waals surface area contributed by atoms with Crippen LogP contribution < -0.4 is 32.8 Å². The number of hydrogen-bond donors (Lipinski definition) is 6. The molecule has 0 saturated heterocycles. The molecule has 0 saturated carbocycles. The Labute approximate surface area is 338 Å². The van der Waals surface area contributed by atoms with Crippen LogP contribution in [-0.4, -0.2) is 47.2 Å². The summed E-state index contributed by atoms with van der Waals surface area (Å²) in [5.74, 6) is -3.71. The number of carbonyl (C=O) groups excluding carboxylic acids is 3. The summed E-state index contributed by atoms with van der Waals surface area (Å²) in [6.07, 6.45) is -0.751. The Morgan fingerprint density at radius 3 is 1.53 bits per heavy atom. The number of ether oxygens (including phenoxy) is 1. The number of halogens is 2. The minimum Gasteiger partial charge on any atom is -0.501 e. The quantitative estimate of drug-likeness (QED) is 0.111. The summed E-state index contributed by atoms with van der Waals surface area (Å²) in [6.45, 7) is 6.58. The zero-order chi connectivity index (χ0) is 42.9. The van der Waals surface area contributed by atoms with Crippen molar-refractivity contribution in [2.45, 2.75) is 65.9 Å². The van der Waals surface area contributed by atoms with Gasteiger partial charge in [-0.1, -0.05) is 62.0 Å². The fourth-order valence-corrected chi connectivity index (χ4v) is 5.44. The first-order chi connectivity index (χ1) is 27.2. The predicted octanol–water partition coefficient (Wildman–Crippen LogP) is 4.10. The maximum atomic E-state index is 13.1. The first-order valence-electron chi connectivity index (χ1n) is 17.6. The SMILES string of the molecule is C.Cn1c(C(C)(C)N)nc(C(=O)NCc2ccc(F)cc2)c(O)c1=O.Cn1c(C(C)(C)NC(=O)OCc2ccccc2)nc(C(=O)NCc2ccc(F)cc2)c(O)c1=O. The van der Waals surface area contributed by atoms with Gasteiger partial charge in [0.25, 0.3) is 22.9 Å². The molecule has 0 aliphatic carbocycles. The highest BCUT2D eigenvalue weighted by atomic mass is 19.1. The van der Waals surface area contributed by atoms with Crippen LogP contribution in [0.25, 0.3) is 0 Å². The molecule has 18 heteroatoms. The fourth-order valence-electron chi connectivity index (χ4n) is 5.44. The lowest BCUT2D eigenvalue weighted by molar-refractivity contribution is 0.0932. The Hall–Kier alpha value is -6.95. The Morgan fingerprint density at radius 1 is 0.695 bits per heavy atom. The average molecular weight is 819 g/mol. The van der Waals surface area contributed by atoms with Crippen LogP contribution in [0.1, 0.15) is 84.4 Å². The first kappa shape index (κ1) is 46.4. The van der Waals surface area contributed by atoms with E-state index in [1.54, 1.807) is 39.8 Å². The van der Waals surface area contributed by atoms with Crippen LogP contribution in [0, 0.1) is 11.6 Å². The summed E-state index contributed by atoms with van der Waals surface area (Å²) in [4.78, 5) is 70.1. The number of rotatable bonds is 11. The number of amides is 3. The topological polar surface area (TPSA) is 233 Å². The van der Waals surface area contributed by atoms with Crippen molar-refractivity contribution in [1.29, 1.82) is 0 Å². The number of nitrogens with one attached hydrogen (secondary N) is 3. The van der Waals surface area contributed by atoms with Crippen LogP contribution in [0.4, 0.5) is 13.6 Å². The maximum Gasteiger partial charge on any atom is 0.408 e. The largest absolute Gasteiger partial charge is 0.501 e. The molecule has 0 spiro atoms. The molecule has 7 N–H and O–H groups in total. The van der Waals surface area contributed by atoms with Crippen molar-refractivity contribution in [3.63, 3.8) is 0 Å². The van der Waals surface area contributed by atoms with Crippen LogP contribution >= 0.6 is 0 Å². The third kappa shape index (κ3) is 12.0. The van der Waals surface area contributed by atoms with E-state index >= 15 is 0 Å². The van der Waals surface area contributed by atoms with Crippen molar-refractivity contribution >= 4 is 17.9 Å². The highest BCUT2D eigenvalue weighted by molar-refractivity contribution is 5.95. The fraction of sp³-hybridized carbons (Fsp3) is 0.293. The highest BCUT2D eigenvalue weighted by Crippen LogP contribution is 2.21. The molecule has 314 valence electrons. The smallest absolute Gasteiger partial charge is 0.408 e. The Morgan fingerprint density at radius 2 is 1.10 bits per heavy atom. The van der Waals surface area contributed by atoms with Crippen molar-refractivity contribution in [1.82, 2.24) is 35.1 Å². The lowest BCUT2D eigenvalue weighted by atomic mass is 10.0. The van der Waals surface area contributed by atoms with Crippen LogP contribution in [-0.2, 0) is 49.6 Å². The monoisotopic (exact) mass is 818 g/mol. The van der Waals surface area contributed by atoms with Gasteiger partial charge in [-0.05, 0) is 68.7 Å². The van der Waals surface area contributed by atoms with Crippen molar-refractivity contribution < 1.29 is 38.1 Å². The van der Waals surface area contributed by atoms with Crippen molar-refractivity contribution in [2.24, 2.45) is 19.8 Å². The summed E-state index contributed by atoms with van der Waals surface area (Å²) in [7, 11) is 2.78. The predicted molar refractivity (Wildman–Crippen MR) is 214 cm³/mol. The molecule has 0 fully saturated rings. The molecular weight excluding hydrogens is 770 g/mol. The second-order valence-corrected chi connectivity index (χ2v) is 14.1. The summed E-state index contributed by atoms with van der Waals surface area (Å²) in [5.41, 5.74) is 3.31. The first-order valence-corrected chi connectivity index (χ1v) is 17.6. The third-order valence-corrected chi connectivity index (χ3v) is 8.46. The lowest BCUT2D eigenvalue weighted by Crippen LogP contribution is -2.46. The molecule has 0 aliphatic rings. The molecule has 0 unspecified atom stereocenters. The third-order valence-electron chi connectivity index (χ3n) is 8.46. The minimum absolute atomic E-state index is 0. The molecule has 0 radical (unpaired) electrons. The van der Waals surface area contributed by atoms with Gasteiger partial charge in [-0.15, -0.1) is 0 Å². The molecule has 0 atom stereocenters. The van der Waals surface area contributed by atoms with Crippen LogP contribution in [0.3, 0.4) is 0 Å². The summed E-state index contributed by atoms with van der Waals surface area (Å²) >= 11 is 0. The van der Waals surface area contributed by atoms with Gasteiger partial charge in [-0.3, -0.25) is 28.3 Å². The van der Waals surface area contributed by atoms with Gasteiger partial charge in [0.05, 0.1) is 11.1 Å². The van der Waals surface area contributed by atoms with Crippen LogP contribution in [0.15, 0.2) is 88.5 Å². The summed E-state index contributed by atoms with van der Waals surface area (Å²) < 4.78 is 33.3. The van der Waals surface area contributed by atoms with E-state index < -0.39 is 68.8 Å². The van der Waals surface area contributed by atoms with E-state index in [4.69, 9.17) is 10.5 Å². The van der Waals surface area contributed by atoms with E-state index in [9.17, 15) is 43.0 Å². The van der Waals surface area contributed by atoms with Gasteiger partial charge < -0.3 is 36.6 Å². The lowest BCUT2D eigenvalue weighted by Gasteiger charge is -2.27. The molecule has 5 aromatic rings. The van der Waals surface area contributed by atoms with Crippen LogP contribution in [0.5, 0.6) is 11.5 Å². The number of nitrogens with zero attached hydrogens (tertiary/aromatic N) is 4. The molecule has 0 bridgehead atoms. The van der Waals surface area contributed by atoms with Gasteiger partial charge in [0, 0.05) is 27.2 Å². The summed E-state index contributed by atoms with van der Waals surface area (Å²) in [5, 5.41) is 27.9. The normalized spacial score (nSPS) is 11.0. The van der Waals surface area contributed by atoms with E-state index in [1.807, 2.05) is 18.2 Å². The number of benzene rings is 3. The Balaban J connectivity index is 0.000000329. The molecule has 3 aromatic carbocycles. The number of hydrogen-bond acceptors (Lipinski definition) is 11. The number of aromatic hydroxyl groups is 2. The van der Waals surface area contributed by atoms with Gasteiger partial charge in [-0.25, -0.2) is 23.5 Å². The van der Waals surface area contributed by atoms with Gasteiger partial charge in [0.15, 0.2) is 11.4 Å². The van der Waals surface area contributed by atoms with Gasteiger partial charge in [0.1, 0.15) is 29.9 Å². The highest BCUT2D eigenvalue weighted by Gasteiger charge is 2.32. The molecule has 2 aromatic heterocycles. The van der Waals surface area contributed by atoms with Crippen molar-refractivity contribution in [3.8, 4) is 11.5 Å². The van der Waals surface area contributed by atoms with Crippen LogP contribution in [0.2, 0.25) is 0 Å². The minimum atomic E-state index is -1.23. The number of carbonyl (C=O) groups is 3. The maximum absolute atomic E-state index is 13.1. The molecule has 16 nitrogen and oxygen atoms in total. The molecule has 59 heavy (non-hydrogen) atoms. The molecule has 0 aliphatic heterocycles. The van der Waals surface area contributed by atoms with E-state index in [0.29, 0.717) is 11.1 Å². The molecular formula is C41H48F2N8O8. The van der Waals surface area contributed by atoms with E-state index in [1.165, 1.54) is 62.6 Å². The van der Waals surface area contributed by atoms with Crippen molar-refractivity contribution in [2.75, 3.05) is 0 Å². The van der Waals surface area contributed by atoms with Gasteiger partial charge in [-0.2, -0.15) is 0 Å². The van der Waals surface area contributed by atoms with Crippen molar-refractivity contribution in [3.05, 3.63) is 151 Å². The molecule has 2 heterocycles. The number of nitrogens with two attached hydrogens (primary N) is 1. The molecule has 5 rings (SSSR count). The van der Waals surface area contributed by atoms with Gasteiger partial charge >= 0.3 is 6.09 Å². The zero-order valence-corrected chi connectivity index (χ0v) is 32.6. The van der Waals surface area contributed by atoms with Gasteiger partial charge in [0.2, 0.25) is 11.5 Å². The standard InChI is InChI=1S/C24H25FN4O5.C16H19FN4O3.CH4/c1-24(2,28-23(33)34-14-16-7-5-4-6-8-16)22-27-18(19(30)21(32)29(22)3)20(31)26-13-15-9-11-17(25)12-10-15;1-16(2,18)15-20-11(12(22)14(24)21(15)3)13(23)19-8-9-4-6-10(17)7-5-9;/h4-12,30H,13-14H2,1-3H3,(H,26,31)(H,28,33);4-7,22H,8,18H2,1-3H3,(H,19,23);1H4.